The van der Waals surface area contributed by atoms with Crippen LogP contribution in [0.25, 0.3) is 0 Å². The first-order valence-electron chi connectivity index (χ1n) is 8.97. The Kier molecular flexibility index (Phi) is 7.72. The Hall–Kier alpha value is -2.77. The van der Waals surface area contributed by atoms with E-state index in [2.05, 4.69) is 20.8 Å². The predicted molar refractivity (Wildman–Crippen MR) is 116 cm³/mol. The molecule has 0 radical (unpaired) electrons. The molecule has 0 aliphatic rings. The fraction of sp³-hybridized carbons (Fsp3) is 0.190. The van der Waals surface area contributed by atoms with Gasteiger partial charge in [-0.25, -0.2) is 0 Å². The molecule has 8 heteroatoms. The molecule has 150 valence electrons. The number of amides is 1. The van der Waals surface area contributed by atoms with Crippen molar-refractivity contribution in [1.29, 1.82) is 0 Å². The molecule has 0 atom stereocenters. The van der Waals surface area contributed by atoms with Gasteiger partial charge in [0.2, 0.25) is 5.91 Å². The molecule has 0 saturated carbocycles. The average molecular weight is 429 g/mol. The maximum Gasteiger partial charge on any atom is 0.230 e. The number of nitrogens with zero attached hydrogens (tertiary/aromatic N) is 2. The number of methoxy groups -OCH3 is 1. The monoisotopic (exact) mass is 428 g/mol. The van der Waals surface area contributed by atoms with Crippen molar-refractivity contribution in [3.8, 4) is 5.75 Å². The number of ether oxygens (including phenoxy) is 1. The Morgan fingerprint density at radius 1 is 1.03 bits per heavy atom. The maximum absolute atomic E-state index is 12.1. The first-order chi connectivity index (χ1) is 14.1. The van der Waals surface area contributed by atoms with Crippen molar-refractivity contribution in [2.45, 2.75) is 18.1 Å². The molecule has 0 bridgehead atoms. The molecule has 29 heavy (non-hydrogen) atoms. The van der Waals surface area contributed by atoms with E-state index in [1.165, 1.54) is 11.8 Å². The van der Waals surface area contributed by atoms with Gasteiger partial charge in [0, 0.05) is 18.1 Å². The van der Waals surface area contributed by atoms with Crippen LogP contribution >= 0.6 is 23.4 Å². The van der Waals surface area contributed by atoms with E-state index in [1.54, 1.807) is 7.11 Å². The number of carbonyl (C=O) groups is 1. The first kappa shape index (κ1) is 21.0. The van der Waals surface area contributed by atoms with E-state index in [9.17, 15) is 4.79 Å². The molecule has 2 N–H and O–H groups in total. The van der Waals surface area contributed by atoms with Crippen molar-refractivity contribution >= 4 is 35.1 Å². The van der Waals surface area contributed by atoms with Crippen molar-refractivity contribution < 1.29 is 9.53 Å². The summed E-state index contributed by atoms with van der Waals surface area (Å²) in [5.41, 5.74) is 2.08. The highest BCUT2D eigenvalue weighted by molar-refractivity contribution is 7.99. The minimum absolute atomic E-state index is 0.0652. The predicted octanol–water partition coefficient (Wildman–Crippen LogP) is 4.16. The van der Waals surface area contributed by atoms with E-state index < -0.39 is 0 Å². The number of aromatic nitrogens is 2. The molecule has 1 amide bonds. The molecule has 0 unspecified atom stereocenters. The van der Waals surface area contributed by atoms with Gasteiger partial charge >= 0.3 is 0 Å². The van der Waals surface area contributed by atoms with Gasteiger partial charge in [0.1, 0.15) is 16.6 Å². The number of benzene rings is 2. The Bertz CT molecular complexity index is 936. The van der Waals surface area contributed by atoms with Gasteiger partial charge in [-0.15, -0.1) is 10.2 Å². The summed E-state index contributed by atoms with van der Waals surface area (Å²) in [5.74, 6) is 1.65. The Labute approximate surface area is 179 Å². The van der Waals surface area contributed by atoms with E-state index >= 15 is 0 Å². The van der Waals surface area contributed by atoms with Gasteiger partial charge in [-0.1, -0.05) is 47.6 Å². The molecule has 0 saturated heterocycles. The zero-order valence-corrected chi connectivity index (χ0v) is 17.5. The third-order valence-corrected chi connectivity index (χ3v) is 5.17. The lowest BCUT2D eigenvalue weighted by molar-refractivity contribution is -0.118. The number of halogens is 1. The Morgan fingerprint density at radius 3 is 2.59 bits per heavy atom. The third-order valence-electron chi connectivity index (χ3n) is 4.00. The number of rotatable bonds is 9. The molecule has 0 aliphatic heterocycles. The fourth-order valence-electron chi connectivity index (χ4n) is 2.46. The van der Waals surface area contributed by atoms with Crippen LogP contribution in [0, 0.1) is 0 Å². The van der Waals surface area contributed by atoms with Crippen LogP contribution in [0.15, 0.2) is 65.7 Å². The summed E-state index contributed by atoms with van der Waals surface area (Å²) in [7, 11) is 1.62. The van der Waals surface area contributed by atoms with Crippen LogP contribution in [0.5, 0.6) is 5.75 Å². The molecule has 2 aromatic carbocycles. The van der Waals surface area contributed by atoms with Crippen LogP contribution in [-0.2, 0) is 17.9 Å². The average Bonchev–Trinajstić information content (AvgIpc) is 2.76. The second kappa shape index (κ2) is 10.7. The number of nitrogens with one attached hydrogen (secondary N) is 2. The van der Waals surface area contributed by atoms with Crippen LogP contribution in [0.4, 0.5) is 5.82 Å². The Morgan fingerprint density at radius 2 is 1.86 bits per heavy atom. The summed E-state index contributed by atoms with van der Waals surface area (Å²) in [4.78, 5) is 12.1. The van der Waals surface area contributed by atoms with Crippen molar-refractivity contribution in [3.63, 3.8) is 0 Å². The zero-order chi connectivity index (χ0) is 20.5. The largest absolute Gasteiger partial charge is 0.497 e. The lowest BCUT2D eigenvalue weighted by Gasteiger charge is -2.07. The smallest absolute Gasteiger partial charge is 0.230 e. The summed E-state index contributed by atoms with van der Waals surface area (Å²) in [6.45, 7) is 1.08. The molecule has 0 spiro atoms. The van der Waals surface area contributed by atoms with Gasteiger partial charge in [-0.3, -0.25) is 4.79 Å². The van der Waals surface area contributed by atoms with E-state index in [0.29, 0.717) is 29.0 Å². The number of hydrogen-bond acceptors (Lipinski definition) is 6. The molecule has 3 aromatic rings. The van der Waals surface area contributed by atoms with Crippen molar-refractivity contribution in [1.82, 2.24) is 15.5 Å². The van der Waals surface area contributed by atoms with Gasteiger partial charge in [-0.05, 0) is 47.5 Å². The second-order valence-electron chi connectivity index (χ2n) is 6.15. The molecule has 1 aromatic heterocycles. The SMILES string of the molecule is COc1cccc(CNC(=O)CSc2ccc(NCc3ccc(Cl)cc3)nn2)c1. The van der Waals surface area contributed by atoms with Crippen molar-refractivity contribution in [3.05, 3.63) is 76.8 Å². The molecular weight excluding hydrogens is 408 g/mol. The zero-order valence-electron chi connectivity index (χ0n) is 15.9. The van der Waals surface area contributed by atoms with E-state index in [4.69, 9.17) is 16.3 Å². The molecule has 0 fully saturated rings. The lowest BCUT2D eigenvalue weighted by Crippen LogP contribution is -2.24. The first-order valence-corrected chi connectivity index (χ1v) is 10.3. The van der Waals surface area contributed by atoms with Crippen LogP contribution in [0.3, 0.4) is 0 Å². The van der Waals surface area contributed by atoms with Crippen molar-refractivity contribution in [2.75, 3.05) is 18.2 Å². The normalized spacial score (nSPS) is 10.4. The van der Waals surface area contributed by atoms with Crippen molar-refractivity contribution in [2.24, 2.45) is 0 Å². The Balaban J connectivity index is 1.41. The number of anilines is 1. The van der Waals surface area contributed by atoms with E-state index in [1.807, 2.05) is 60.7 Å². The quantitative estimate of drug-likeness (QED) is 0.498. The molecule has 3 rings (SSSR count). The summed E-state index contributed by atoms with van der Waals surface area (Å²) in [5, 5.41) is 15.8. The molecule has 1 heterocycles. The van der Waals surface area contributed by atoms with Crippen LogP contribution in [0.1, 0.15) is 11.1 Å². The second-order valence-corrected chi connectivity index (χ2v) is 7.59. The highest BCUT2D eigenvalue weighted by atomic mass is 35.5. The number of carbonyl (C=O) groups excluding carboxylic acids is 1. The van der Waals surface area contributed by atoms with Gasteiger partial charge in [0.15, 0.2) is 0 Å². The molecule has 6 nitrogen and oxygen atoms in total. The standard InChI is InChI=1S/C21H21ClN4O2S/c1-28-18-4-2-3-16(11-18)13-24-20(27)14-29-21-10-9-19(25-26-21)23-12-15-5-7-17(22)8-6-15/h2-11H,12-14H2,1H3,(H,23,25)(H,24,27). The lowest BCUT2D eigenvalue weighted by atomic mass is 10.2. The maximum atomic E-state index is 12.1. The highest BCUT2D eigenvalue weighted by Gasteiger charge is 2.05. The molecular formula is C21H21ClN4O2S. The van der Waals surface area contributed by atoms with E-state index in [-0.39, 0.29) is 11.7 Å². The van der Waals surface area contributed by atoms with Gasteiger partial charge < -0.3 is 15.4 Å². The minimum atomic E-state index is -0.0652. The number of thioether (sulfide) groups is 1. The van der Waals surface area contributed by atoms with Crippen LogP contribution in [-0.4, -0.2) is 29.0 Å². The highest BCUT2D eigenvalue weighted by Crippen LogP contribution is 2.16. The summed E-state index contributed by atoms with van der Waals surface area (Å²) >= 11 is 7.23. The summed E-state index contributed by atoms with van der Waals surface area (Å²) in [6.07, 6.45) is 0. The van der Waals surface area contributed by atoms with Gasteiger partial charge in [-0.2, -0.15) is 0 Å². The fourth-order valence-corrected chi connectivity index (χ4v) is 3.23. The summed E-state index contributed by atoms with van der Waals surface area (Å²) < 4.78 is 5.18. The van der Waals surface area contributed by atoms with Gasteiger partial charge in [0.05, 0.1) is 12.9 Å². The summed E-state index contributed by atoms with van der Waals surface area (Å²) in [6, 6.07) is 18.9. The molecule has 0 aliphatic carbocycles. The van der Waals surface area contributed by atoms with Crippen LogP contribution < -0.4 is 15.4 Å². The minimum Gasteiger partial charge on any atom is -0.497 e. The van der Waals surface area contributed by atoms with Gasteiger partial charge in [0.25, 0.3) is 0 Å². The van der Waals surface area contributed by atoms with E-state index in [0.717, 1.165) is 16.9 Å². The topological polar surface area (TPSA) is 76.1 Å². The third kappa shape index (κ3) is 6.96. The number of hydrogen-bond donors (Lipinski definition) is 2. The van der Waals surface area contributed by atoms with Crippen LogP contribution in [0.2, 0.25) is 5.02 Å².